The Bertz CT molecular complexity index is 665. The van der Waals surface area contributed by atoms with Crippen LogP contribution in [0, 0.1) is 10.1 Å². The third-order valence-corrected chi connectivity index (χ3v) is 4.56. The monoisotopic (exact) mass is 305 g/mol. The summed E-state index contributed by atoms with van der Waals surface area (Å²) in [5.74, 6) is -0.711. The Morgan fingerprint density at radius 1 is 1.36 bits per heavy atom. The van der Waals surface area contributed by atoms with Crippen LogP contribution in [0.4, 0.5) is 11.4 Å². The van der Waals surface area contributed by atoms with Crippen LogP contribution in [-0.2, 0) is 21.4 Å². The second-order valence-corrected chi connectivity index (χ2v) is 5.55. The Hall–Kier alpha value is -2.44. The number of nitrogens with zero attached hydrogens (tertiary/aromatic N) is 2. The maximum atomic E-state index is 12.6. The van der Waals surface area contributed by atoms with Crippen LogP contribution in [0.25, 0.3) is 0 Å². The molecular weight excluding hydrogens is 286 g/mol. The van der Waals surface area contributed by atoms with Crippen molar-refractivity contribution in [2.45, 2.75) is 38.5 Å². The summed E-state index contributed by atoms with van der Waals surface area (Å²) >= 11 is 0. The van der Waals surface area contributed by atoms with Gasteiger partial charge in [-0.25, -0.2) is 0 Å². The van der Waals surface area contributed by atoms with Crippen LogP contribution in [0.15, 0.2) is 12.1 Å². The lowest BCUT2D eigenvalue weighted by molar-refractivity contribution is -0.385. The number of nitro groups is 1. The van der Waals surface area contributed by atoms with E-state index in [1.807, 2.05) is 13.8 Å². The first-order chi connectivity index (χ1) is 10.3. The van der Waals surface area contributed by atoms with Crippen molar-refractivity contribution in [1.29, 1.82) is 0 Å². The van der Waals surface area contributed by atoms with Crippen molar-refractivity contribution < 1.29 is 14.5 Å². The molecule has 0 saturated carbocycles. The van der Waals surface area contributed by atoms with E-state index in [1.165, 1.54) is 11.0 Å². The molecule has 7 nitrogen and oxygen atoms in total. The fourth-order valence-electron chi connectivity index (χ4n) is 3.26. The number of primary amides is 1. The molecule has 0 saturated heterocycles. The highest BCUT2D eigenvalue weighted by atomic mass is 16.6. The number of anilines is 1. The number of amides is 2. The first kappa shape index (κ1) is 15.9. The number of hydrogen-bond donors (Lipinski definition) is 1. The van der Waals surface area contributed by atoms with Gasteiger partial charge in [0.05, 0.1) is 22.4 Å². The van der Waals surface area contributed by atoms with E-state index in [0.717, 1.165) is 5.56 Å². The number of hydrogen-bond acceptors (Lipinski definition) is 4. The average Bonchev–Trinajstić information content (AvgIpc) is 2.66. The second-order valence-electron chi connectivity index (χ2n) is 5.55. The van der Waals surface area contributed by atoms with Crippen molar-refractivity contribution in [3.8, 4) is 0 Å². The van der Waals surface area contributed by atoms with Crippen LogP contribution in [0.3, 0.4) is 0 Å². The highest BCUT2D eigenvalue weighted by molar-refractivity contribution is 6.08. The number of carbonyl (C=O) groups excluding carboxylic acids is 2. The van der Waals surface area contributed by atoms with Crippen LogP contribution >= 0.6 is 0 Å². The highest BCUT2D eigenvalue weighted by Crippen LogP contribution is 2.47. The number of carbonyl (C=O) groups is 2. The maximum Gasteiger partial charge on any atom is 0.275 e. The molecule has 0 radical (unpaired) electrons. The summed E-state index contributed by atoms with van der Waals surface area (Å²) in [6.07, 6.45) is 0.964. The van der Waals surface area contributed by atoms with Gasteiger partial charge < -0.3 is 10.6 Å². The minimum absolute atomic E-state index is 0.0713. The van der Waals surface area contributed by atoms with Crippen molar-refractivity contribution in [2.75, 3.05) is 11.9 Å². The van der Waals surface area contributed by atoms with E-state index < -0.39 is 16.2 Å². The molecule has 0 spiro atoms. The van der Waals surface area contributed by atoms with Crippen molar-refractivity contribution in [3.05, 3.63) is 33.4 Å². The normalized spacial score (nSPS) is 15.8. The summed E-state index contributed by atoms with van der Waals surface area (Å²) in [5.41, 5.74) is 5.85. The first-order valence-electron chi connectivity index (χ1n) is 7.16. The molecule has 0 unspecified atom stereocenters. The molecular formula is C15H19N3O4. The lowest BCUT2D eigenvalue weighted by Crippen LogP contribution is -2.37. The fourth-order valence-corrected chi connectivity index (χ4v) is 3.26. The minimum atomic E-state index is -0.689. The molecule has 2 N–H and O–H groups in total. The molecule has 0 aliphatic carbocycles. The number of nitrogens with two attached hydrogens (primary N) is 1. The molecule has 1 aliphatic rings. The fraction of sp³-hybridized carbons (Fsp3) is 0.467. The average molecular weight is 305 g/mol. The molecule has 1 heterocycles. The van der Waals surface area contributed by atoms with Crippen LogP contribution in [0.2, 0.25) is 0 Å². The van der Waals surface area contributed by atoms with E-state index in [1.54, 1.807) is 13.1 Å². The van der Waals surface area contributed by atoms with Gasteiger partial charge in [-0.1, -0.05) is 13.8 Å². The van der Waals surface area contributed by atoms with Crippen molar-refractivity contribution in [2.24, 2.45) is 5.73 Å². The zero-order chi connectivity index (χ0) is 16.7. The molecule has 1 aliphatic heterocycles. The lowest BCUT2D eigenvalue weighted by Gasteiger charge is -2.25. The molecule has 0 aromatic heterocycles. The third kappa shape index (κ3) is 2.13. The number of nitro benzene ring substituents is 1. The summed E-state index contributed by atoms with van der Waals surface area (Å²) in [7, 11) is 1.62. The van der Waals surface area contributed by atoms with Gasteiger partial charge in [0.15, 0.2) is 0 Å². The number of fused-ring (bicyclic) bond motifs is 1. The Kier molecular flexibility index (Phi) is 3.91. The molecule has 7 heteroatoms. The molecule has 0 bridgehead atoms. The van der Waals surface area contributed by atoms with Crippen LogP contribution in [0.5, 0.6) is 0 Å². The van der Waals surface area contributed by atoms with Crippen molar-refractivity contribution >= 4 is 23.2 Å². The zero-order valence-electron chi connectivity index (χ0n) is 12.9. The summed E-state index contributed by atoms with van der Waals surface area (Å²) < 4.78 is 0. The second kappa shape index (κ2) is 5.40. The Morgan fingerprint density at radius 2 is 1.95 bits per heavy atom. The van der Waals surface area contributed by atoms with Crippen molar-refractivity contribution in [3.63, 3.8) is 0 Å². The SMILES string of the molecule is CCC1(CC)C(=O)N(C)c2cc([N+](=O)[O-])c(CC(N)=O)cc21. The Labute approximate surface area is 128 Å². The van der Waals surface area contributed by atoms with Crippen LogP contribution in [-0.4, -0.2) is 23.8 Å². The topological polar surface area (TPSA) is 107 Å². The standard InChI is InChI=1S/C15H19N3O4/c1-4-15(5-2)10-6-9(7-13(16)19)11(18(21)22)8-12(10)17(3)14(15)20/h6,8H,4-5,7H2,1-3H3,(H2,16,19). The van der Waals surface area contributed by atoms with E-state index in [2.05, 4.69) is 0 Å². The summed E-state index contributed by atoms with van der Waals surface area (Å²) in [6, 6.07) is 2.98. The maximum absolute atomic E-state index is 12.6. The summed E-state index contributed by atoms with van der Waals surface area (Å²) in [5, 5.41) is 11.2. The van der Waals surface area contributed by atoms with Gasteiger partial charge in [-0.2, -0.15) is 0 Å². The predicted molar refractivity (Wildman–Crippen MR) is 81.7 cm³/mol. The summed E-state index contributed by atoms with van der Waals surface area (Å²) in [4.78, 5) is 36.0. The highest BCUT2D eigenvalue weighted by Gasteiger charge is 2.48. The van der Waals surface area contributed by atoms with Gasteiger partial charge in [0, 0.05) is 18.7 Å². The van der Waals surface area contributed by atoms with E-state index in [4.69, 9.17) is 5.73 Å². The van der Waals surface area contributed by atoms with Gasteiger partial charge >= 0.3 is 0 Å². The molecule has 2 amide bonds. The predicted octanol–water partition coefficient (Wildman–Crippen LogP) is 1.66. The Morgan fingerprint density at radius 3 is 2.41 bits per heavy atom. The number of benzene rings is 1. The molecule has 2 rings (SSSR count). The van der Waals surface area contributed by atoms with Crippen molar-refractivity contribution in [1.82, 2.24) is 0 Å². The molecule has 22 heavy (non-hydrogen) atoms. The smallest absolute Gasteiger partial charge is 0.275 e. The first-order valence-corrected chi connectivity index (χ1v) is 7.16. The molecule has 118 valence electrons. The number of likely N-dealkylation sites (N-methyl/N-ethyl adjacent to an activating group) is 1. The number of rotatable bonds is 5. The summed E-state index contributed by atoms with van der Waals surface area (Å²) in [6.45, 7) is 3.83. The molecule has 1 aromatic carbocycles. The quantitative estimate of drug-likeness (QED) is 0.659. The van der Waals surface area contributed by atoms with E-state index in [-0.39, 0.29) is 23.6 Å². The van der Waals surface area contributed by atoms with Gasteiger partial charge in [-0.05, 0) is 24.5 Å². The van der Waals surface area contributed by atoms with Gasteiger partial charge in [0.25, 0.3) is 5.69 Å². The molecule has 0 atom stereocenters. The van der Waals surface area contributed by atoms with Gasteiger partial charge in [0.1, 0.15) is 0 Å². The van der Waals surface area contributed by atoms with Crippen LogP contribution in [0.1, 0.15) is 37.8 Å². The molecule has 0 fully saturated rings. The Balaban J connectivity index is 2.74. The van der Waals surface area contributed by atoms with Crippen LogP contribution < -0.4 is 10.6 Å². The van der Waals surface area contributed by atoms with E-state index in [0.29, 0.717) is 18.5 Å². The third-order valence-electron chi connectivity index (χ3n) is 4.56. The van der Waals surface area contributed by atoms with E-state index >= 15 is 0 Å². The van der Waals surface area contributed by atoms with Gasteiger partial charge in [-0.15, -0.1) is 0 Å². The largest absolute Gasteiger partial charge is 0.369 e. The minimum Gasteiger partial charge on any atom is -0.369 e. The lowest BCUT2D eigenvalue weighted by atomic mass is 9.76. The van der Waals surface area contributed by atoms with Gasteiger partial charge in [-0.3, -0.25) is 19.7 Å². The molecule has 1 aromatic rings. The van der Waals surface area contributed by atoms with Gasteiger partial charge in [0.2, 0.25) is 11.8 Å². The van der Waals surface area contributed by atoms with E-state index in [9.17, 15) is 19.7 Å². The zero-order valence-corrected chi connectivity index (χ0v) is 12.9.